The maximum Gasteiger partial charge on any atom is 0.341 e. The van der Waals surface area contributed by atoms with Gasteiger partial charge in [-0.1, -0.05) is 11.2 Å². The van der Waals surface area contributed by atoms with E-state index < -0.39 is 32.9 Å². The van der Waals surface area contributed by atoms with E-state index in [0.29, 0.717) is 30.0 Å². The standard InChI is InChI=1S/C25H24FN5O6.CH4O3S/c26-18-6-16-22(32)17(25(33)34)9-31(15-2-3-15)23(16)28-24(18)30-8-14(7-27)19(10-30)29-37-11-13-1-4-20-21(5-13)36-12-35-20;1-5(2,3)4/h1,4-6,9,14-15H,2-3,7-8,10-12,27H2,(H,33,34);1H3,(H,2,3,4)/b29-19+;. The first-order valence-electron chi connectivity index (χ1n) is 12.9. The van der Waals surface area contributed by atoms with Crippen LogP contribution in [0.25, 0.3) is 11.0 Å². The number of carboxylic acids is 1. The molecule has 1 saturated carbocycles. The number of halogens is 1. The van der Waals surface area contributed by atoms with E-state index >= 15 is 4.39 Å². The third-order valence-electron chi connectivity index (χ3n) is 6.81. The Kier molecular flexibility index (Phi) is 8.03. The second-order valence-corrected chi connectivity index (χ2v) is 11.5. The van der Waals surface area contributed by atoms with Crippen molar-refractivity contribution in [3.63, 3.8) is 0 Å². The summed E-state index contributed by atoms with van der Waals surface area (Å²) in [6.45, 7) is 1.30. The molecule has 0 radical (unpaired) electrons. The maximum absolute atomic E-state index is 15.2. The fraction of sp³-hybridized carbons (Fsp3) is 0.385. The fourth-order valence-corrected chi connectivity index (χ4v) is 4.70. The van der Waals surface area contributed by atoms with Gasteiger partial charge < -0.3 is 34.6 Å². The first kappa shape index (κ1) is 29.2. The van der Waals surface area contributed by atoms with Crippen LogP contribution in [-0.2, 0) is 21.6 Å². The molecular weight excluding hydrogens is 577 g/mol. The third-order valence-corrected chi connectivity index (χ3v) is 6.81. The van der Waals surface area contributed by atoms with Gasteiger partial charge in [-0.05, 0) is 36.6 Å². The Morgan fingerprint density at radius 1 is 1.26 bits per heavy atom. The summed E-state index contributed by atoms with van der Waals surface area (Å²) in [4.78, 5) is 36.1. The van der Waals surface area contributed by atoms with Gasteiger partial charge in [0.1, 0.15) is 17.8 Å². The Balaban J connectivity index is 0.000000652. The molecule has 1 aliphatic carbocycles. The number of ether oxygens (including phenoxy) is 2. The van der Waals surface area contributed by atoms with E-state index in [4.69, 9.17) is 24.6 Å². The lowest BCUT2D eigenvalue weighted by molar-refractivity contribution is 0.0694. The number of benzene rings is 1. The number of carboxylic acid groups (broad SMARTS) is 1. The fourth-order valence-electron chi connectivity index (χ4n) is 4.70. The van der Waals surface area contributed by atoms with Gasteiger partial charge in [-0.15, -0.1) is 0 Å². The van der Waals surface area contributed by atoms with E-state index in [1.807, 2.05) is 18.2 Å². The average molecular weight is 606 g/mol. The van der Waals surface area contributed by atoms with E-state index in [0.717, 1.165) is 24.5 Å². The molecule has 0 amide bonds. The summed E-state index contributed by atoms with van der Waals surface area (Å²) >= 11 is 0. The molecule has 224 valence electrons. The molecule has 1 atom stereocenters. The highest BCUT2D eigenvalue weighted by Gasteiger charge is 2.33. The highest BCUT2D eigenvalue weighted by molar-refractivity contribution is 7.85. The second kappa shape index (κ2) is 11.5. The van der Waals surface area contributed by atoms with Crippen molar-refractivity contribution in [3.8, 4) is 11.5 Å². The van der Waals surface area contributed by atoms with E-state index in [2.05, 4.69) is 10.1 Å². The zero-order valence-electron chi connectivity index (χ0n) is 22.4. The van der Waals surface area contributed by atoms with Crippen molar-refractivity contribution in [2.24, 2.45) is 16.8 Å². The van der Waals surface area contributed by atoms with Gasteiger partial charge in [-0.3, -0.25) is 9.35 Å². The van der Waals surface area contributed by atoms with Crippen LogP contribution in [0.1, 0.15) is 34.8 Å². The summed E-state index contributed by atoms with van der Waals surface area (Å²) in [5.74, 6) is -0.845. The normalized spacial score (nSPS) is 18.7. The van der Waals surface area contributed by atoms with Crippen molar-refractivity contribution in [3.05, 3.63) is 57.6 Å². The lowest BCUT2D eigenvalue weighted by Gasteiger charge is -2.19. The van der Waals surface area contributed by atoms with Crippen molar-refractivity contribution < 1.29 is 41.6 Å². The molecule has 42 heavy (non-hydrogen) atoms. The highest BCUT2D eigenvalue weighted by Crippen LogP contribution is 2.37. The number of nitrogens with zero attached hydrogens (tertiary/aromatic N) is 4. The third kappa shape index (κ3) is 6.45. The molecule has 2 aliphatic heterocycles. The van der Waals surface area contributed by atoms with Gasteiger partial charge >= 0.3 is 5.97 Å². The van der Waals surface area contributed by atoms with Gasteiger partial charge in [0.05, 0.1) is 23.9 Å². The minimum atomic E-state index is -3.67. The number of hydrogen-bond acceptors (Lipinski definition) is 11. The number of pyridine rings is 2. The summed E-state index contributed by atoms with van der Waals surface area (Å²) in [7, 11) is -3.67. The molecule has 4 N–H and O–H groups in total. The van der Waals surface area contributed by atoms with Crippen molar-refractivity contribution in [2.45, 2.75) is 25.5 Å². The van der Waals surface area contributed by atoms with E-state index in [-0.39, 0.29) is 55.3 Å². The lowest BCUT2D eigenvalue weighted by Crippen LogP contribution is -2.26. The molecule has 0 spiro atoms. The van der Waals surface area contributed by atoms with Crippen LogP contribution in [0, 0.1) is 11.7 Å². The summed E-state index contributed by atoms with van der Waals surface area (Å²) in [6.07, 6.45) is 3.69. The van der Waals surface area contributed by atoms with Gasteiger partial charge in [0.25, 0.3) is 10.1 Å². The number of oxime groups is 1. The molecule has 3 aromatic rings. The van der Waals surface area contributed by atoms with E-state index in [1.165, 1.54) is 6.20 Å². The second-order valence-electron chi connectivity index (χ2n) is 10.1. The lowest BCUT2D eigenvalue weighted by atomic mass is 10.1. The van der Waals surface area contributed by atoms with Crippen molar-refractivity contribution in [1.29, 1.82) is 0 Å². The molecule has 6 rings (SSSR count). The first-order valence-corrected chi connectivity index (χ1v) is 14.7. The molecule has 1 aromatic carbocycles. The zero-order valence-corrected chi connectivity index (χ0v) is 23.2. The van der Waals surface area contributed by atoms with Crippen LogP contribution in [0.3, 0.4) is 0 Å². The van der Waals surface area contributed by atoms with Gasteiger partial charge in [-0.25, -0.2) is 14.2 Å². The minimum Gasteiger partial charge on any atom is -0.477 e. The number of aromatic nitrogens is 2. The minimum absolute atomic E-state index is 0.0316. The van der Waals surface area contributed by atoms with Crippen LogP contribution < -0.4 is 25.5 Å². The Hall–Kier alpha value is -4.28. The SMILES string of the molecule is CS(=O)(=O)O.NCC1CN(c2nc3c(cc2F)c(=O)c(C(=O)O)cn3C2CC2)C/C1=N\OCc1ccc2c(c1)OCO2. The molecule has 16 heteroatoms. The molecule has 0 bridgehead atoms. The van der Waals surface area contributed by atoms with Crippen molar-refractivity contribution in [2.75, 3.05) is 37.6 Å². The number of nitrogens with two attached hydrogens (primary N) is 1. The molecule has 14 nitrogen and oxygen atoms in total. The predicted octanol–water partition coefficient (Wildman–Crippen LogP) is 1.77. The predicted molar refractivity (Wildman–Crippen MR) is 148 cm³/mol. The van der Waals surface area contributed by atoms with Gasteiger partial charge in [0.2, 0.25) is 12.2 Å². The monoisotopic (exact) mass is 605 g/mol. The highest BCUT2D eigenvalue weighted by atomic mass is 32.2. The van der Waals surface area contributed by atoms with Gasteiger partial charge in [0, 0.05) is 31.2 Å². The maximum atomic E-state index is 15.2. The topological polar surface area (TPSA) is 196 Å². The van der Waals surface area contributed by atoms with Crippen LogP contribution in [0.2, 0.25) is 0 Å². The summed E-state index contributed by atoms with van der Waals surface area (Å²) in [6, 6.07) is 6.60. The summed E-state index contributed by atoms with van der Waals surface area (Å²) < 4.78 is 53.5. The summed E-state index contributed by atoms with van der Waals surface area (Å²) in [5, 5.41) is 13.7. The zero-order chi connectivity index (χ0) is 30.2. The van der Waals surface area contributed by atoms with Crippen LogP contribution in [0.15, 0.2) is 40.4 Å². The molecule has 2 aromatic heterocycles. The molecular formula is C26H28FN5O9S. The van der Waals surface area contributed by atoms with E-state index in [1.54, 1.807) is 9.47 Å². The number of carbonyl (C=O) groups is 1. The number of aromatic carboxylic acids is 1. The average Bonchev–Trinajstić information content (AvgIpc) is 3.51. The van der Waals surface area contributed by atoms with Gasteiger partial charge in [0.15, 0.2) is 23.1 Å². The smallest absolute Gasteiger partial charge is 0.341 e. The molecule has 2 fully saturated rings. The Bertz CT molecular complexity index is 1730. The number of hydrogen-bond donors (Lipinski definition) is 3. The van der Waals surface area contributed by atoms with Crippen LogP contribution in [-0.4, -0.2) is 72.0 Å². The van der Waals surface area contributed by atoms with Crippen LogP contribution >= 0.6 is 0 Å². The largest absolute Gasteiger partial charge is 0.477 e. The van der Waals surface area contributed by atoms with Crippen molar-refractivity contribution >= 4 is 38.7 Å². The summed E-state index contributed by atoms with van der Waals surface area (Å²) in [5.41, 5.74) is 6.60. The molecule has 3 aliphatic rings. The van der Waals surface area contributed by atoms with Crippen molar-refractivity contribution in [1.82, 2.24) is 9.55 Å². The van der Waals surface area contributed by atoms with Crippen LogP contribution in [0.5, 0.6) is 11.5 Å². The Labute approximate surface area is 238 Å². The molecule has 1 saturated heterocycles. The number of rotatable bonds is 7. The molecule has 4 heterocycles. The number of anilines is 1. The van der Waals surface area contributed by atoms with Crippen LogP contribution in [0.4, 0.5) is 10.2 Å². The molecule has 1 unspecified atom stereocenters. The quantitative estimate of drug-likeness (QED) is 0.261. The van der Waals surface area contributed by atoms with Gasteiger partial charge in [-0.2, -0.15) is 8.42 Å². The number of fused-ring (bicyclic) bond motifs is 2. The first-order chi connectivity index (χ1) is 19.9. The Morgan fingerprint density at radius 2 is 1.98 bits per heavy atom. The Morgan fingerprint density at radius 3 is 2.64 bits per heavy atom. The van der Waals surface area contributed by atoms with E-state index in [9.17, 15) is 23.1 Å².